The zero-order chi connectivity index (χ0) is 14.6. The molecule has 0 aliphatic heterocycles. The molecule has 0 amide bonds. The maximum absolute atomic E-state index is 14.8. The molecule has 2 heterocycles. The molecule has 104 valence electrons. The third-order valence-corrected chi connectivity index (χ3v) is 4.52. The Morgan fingerprint density at radius 1 is 1.48 bits per heavy atom. The van der Waals surface area contributed by atoms with Crippen molar-refractivity contribution >= 4 is 22.4 Å². The van der Waals surface area contributed by atoms with E-state index in [0.29, 0.717) is 33.1 Å². The molecule has 1 fully saturated rings. The van der Waals surface area contributed by atoms with Gasteiger partial charge >= 0.3 is 0 Å². The van der Waals surface area contributed by atoms with Crippen LogP contribution >= 0.6 is 11.3 Å². The van der Waals surface area contributed by atoms with Crippen molar-refractivity contribution in [1.82, 2.24) is 9.97 Å². The molecule has 0 bridgehead atoms. The van der Waals surface area contributed by atoms with Gasteiger partial charge in [0, 0.05) is 17.5 Å². The number of aromatic nitrogens is 2. The second kappa shape index (κ2) is 4.37. The Hall–Kier alpha value is -2.26. The van der Waals surface area contributed by atoms with E-state index in [2.05, 4.69) is 16.0 Å². The van der Waals surface area contributed by atoms with Crippen LogP contribution in [0.2, 0.25) is 0 Å². The van der Waals surface area contributed by atoms with E-state index in [4.69, 9.17) is 4.42 Å². The number of halogens is 1. The van der Waals surface area contributed by atoms with Gasteiger partial charge in [0.15, 0.2) is 17.3 Å². The highest BCUT2D eigenvalue weighted by molar-refractivity contribution is 7.13. The molecule has 0 unspecified atom stereocenters. The Kier molecular flexibility index (Phi) is 2.59. The van der Waals surface area contributed by atoms with Crippen molar-refractivity contribution in [2.24, 2.45) is 0 Å². The van der Waals surface area contributed by atoms with Gasteiger partial charge in [0.25, 0.3) is 0 Å². The van der Waals surface area contributed by atoms with Crippen LogP contribution in [-0.2, 0) is 0 Å². The first kappa shape index (κ1) is 12.5. The van der Waals surface area contributed by atoms with Crippen molar-refractivity contribution in [3.8, 4) is 16.6 Å². The summed E-state index contributed by atoms with van der Waals surface area (Å²) in [6.45, 7) is 1.73. The molecule has 2 aromatic heterocycles. The summed E-state index contributed by atoms with van der Waals surface area (Å²) in [5, 5.41) is 11.7. The van der Waals surface area contributed by atoms with E-state index in [1.54, 1.807) is 18.5 Å². The Labute approximate surface area is 123 Å². The van der Waals surface area contributed by atoms with Crippen LogP contribution in [-0.4, -0.2) is 9.97 Å². The lowest BCUT2D eigenvalue weighted by atomic mass is 10.0. The number of fused-ring (bicyclic) bond motifs is 1. The normalized spacial score (nSPS) is 14.5. The summed E-state index contributed by atoms with van der Waals surface area (Å²) < 4.78 is 20.4. The van der Waals surface area contributed by atoms with Crippen LogP contribution in [0.5, 0.6) is 0 Å². The molecule has 4 nitrogen and oxygen atoms in total. The molecule has 0 spiro atoms. The monoisotopic (exact) mass is 299 g/mol. The maximum Gasteiger partial charge on any atom is 0.198 e. The number of thiazole rings is 1. The molecule has 1 aliphatic rings. The summed E-state index contributed by atoms with van der Waals surface area (Å²) in [6.07, 6.45) is 3.63. The number of hydrogen-bond acceptors (Lipinski definition) is 5. The van der Waals surface area contributed by atoms with Crippen LogP contribution < -0.4 is 0 Å². The van der Waals surface area contributed by atoms with Gasteiger partial charge in [-0.25, -0.2) is 14.4 Å². The second-order valence-corrected chi connectivity index (χ2v) is 6.04. The quantitative estimate of drug-likeness (QED) is 0.713. The molecule has 21 heavy (non-hydrogen) atoms. The molecule has 6 heteroatoms. The minimum absolute atomic E-state index is 0.0734. The van der Waals surface area contributed by atoms with E-state index in [0.717, 1.165) is 12.8 Å². The van der Waals surface area contributed by atoms with Gasteiger partial charge in [0.1, 0.15) is 16.6 Å². The molecule has 0 saturated heterocycles. The van der Waals surface area contributed by atoms with Crippen LogP contribution in [0.4, 0.5) is 4.39 Å². The van der Waals surface area contributed by atoms with Crippen molar-refractivity contribution in [2.75, 3.05) is 0 Å². The summed E-state index contributed by atoms with van der Waals surface area (Å²) in [5.74, 6) is 0.332. The molecule has 1 aliphatic carbocycles. The number of benzene rings is 1. The van der Waals surface area contributed by atoms with Crippen molar-refractivity contribution in [1.29, 1.82) is 5.26 Å². The number of hydrogen-bond donors (Lipinski definition) is 0. The molecular weight excluding hydrogens is 289 g/mol. The highest BCUT2D eigenvalue weighted by atomic mass is 32.1. The molecule has 0 radical (unpaired) electrons. The van der Waals surface area contributed by atoms with Gasteiger partial charge in [-0.1, -0.05) is 0 Å². The largest absolute Gasteiger partial charge is 0.437 e. The van der Waals surface area contributed by atoms with E-state index in [-0.39, 0.29) is 11.5 Å². The smallest absolute Gasteiger partial charge is 0.198 e. The van der Waals surface area contributed by atoms with E-state index in [9.17, 15) is 9.65 Å². The zero-order valence-electron chi connectivity index (χ0n) is 11.2. The van der Waals surface area contributed by atoms with Crippen LogP contribution in [0.15, 0.2) is 16.0 Å². The number of nitrogens with zero attached hydrogens (tertiary/aromatic N) is 3. The lowest BCUT2D eigenvalue weighted by Crippen LogP contribution is -1.95. The lowest BCUT2D eigenvalue weighted by molar-refractivity contribution is 0.509. The molecule has 3 aromatic rings. The fraction of sp³-hybridized carbons (Fsp3) is 0.267. The summed E-state index contributed by atoms with van der Waals surface area (Å²) in [4.78, 5) is 8.50. The van der Waals surface area contributed by atoms with E-state index < -0.39 is 5.82 Å². The molecule has 0 N–H and O–H groups in total. The molecule has 4 rings (SSSR count). The summed E-state index contributed by atoms with van der Waals surface area (Å²) in [5.41, 5.74) is 1.67. The molecule has 1 aromatic carbocycles. The SMILES string of the molecule is Cc1c(-c2nccs2)c(F)c2oc(C3CC3)nc2c1C#N. The molecule has 1 saturated carbocycles. The predicted molar refractivity (Wildman–Crippen MR) is 76.5 cm³/mol. The Bertz CT molecular complexity index is 888. The number of rotatable bonds is 2. The van der Waals surface area contributed by atoms with Gasteiger partial charge in [-0.05, 0) is 25.3 Å². The van der Waals surface area contributed by atoms with E-state index in [1.807, 2.05) is 0 Å². The predicted octanol–water partition coefficient (Wildman–Crippen LogP) is 4.15. The van der Waals surface area contributed by atoms with Gasteiger partial charge in [-0.3, -0.25) is 0 Å². The topological polar surface area (TPSA) is 62.7 Å². The zero-order valence-corrected chi connectivity index (χ0v) is 12.0. The fourth-order valence-electron chi connectivity index (χ4n) is 2.48. The van der Waals surface area contributed by atoms with Gasteiger partial charge < -0.3 is 4.42 Å². The third-order valence-electron chi connectivity index (χ3n) is 3.73. The lowest BCUT2D eigenvalue weighted by Gasteiger charge is -2.06. The number of oxazole rings is 1. The molecular formula is C15H10FN3OS. The molecule has 0 atom stereocenters. The Morgan fingerprint density at radius 2 is 2.29 bits per heavy atom. The van der Waals surface area contributed by atoms with Crippen molar-refractivity contribution in [3.63, 3.8) is 0 Å². The average molecular weight is 299 g/mol. The Morgan fingerprint density at radius 3 is 2.90 bits per heavy atom. The van der Waals surface area contributed by atoms with Crippen molar-refractivity contribution < 1.29 is 8.81 Å². The fourth-order valence-corrected chi connectivity index (χ4v) is 3.21. The van der Waals surface area contributed by atoms with Crippen LogP contribution in [0.3, 0.4) is 0 Å². The van der Waals surface area contributed by atoms with Crippen LogP contribution in [0, 0.1) is 24.1 Å². The summed E-state index contributed by atoms with van der Waals surface area (Å²) in [6, 6.07) is 2.13. The van der Waals surface area contributed by atoms with Crippen LogP contribution in [0.25, 0.3) is 21.7 Å². The minimum Gasteiger partial charge on any atom is -0.437 e. The third kappa shape index (κ3) is 1.78. The highest BCUT2D eigenvalue weighted by Crippen LogP contribution is 2.43. The van der Waals surface area contributed by atoms with E-state index >= 15 is 0 Å². The van der Waals surface area contributed by atoms with Crippen LogP contribution in [0.1, 0.15) is 35.8 Å². The second-order valence-electron chi connectivity index (χ2n) is 5.14. The summed E-state index contributed by atoms with van der Waals surface area (Å²) >= 11 is 1.33. The Balaban J connectivity index is 2.09. The van der Waals surface area contributed by atoms with Gasteiger partial charge in [-0.2, -0.15) is 5.26 Å². The first-order valence-electron chi connectivity index (χ1n) is 6.63. The van der Waals surface area contributed by atoms with Crippen molar-refractivity contribution in [2.45, 2.75) is 25.7 Å². The first-order valence-corrected chi connectivity index (χ1v) is 7.51. The minimum atomic E-state index is -0.476. The maximum atomic E-state index is 14.8. The van der Waals surface area contributed by atoms with Gasteiger partial charge in [-0.15, -0.1) is 11.3 Å². The standard InChI is InChI=1S/C15H10FN3OS/c1-7-9(6-17)12-13(20-14(19-12)8-2-3-8)11(16)10(7)15-18-4-5-21-15/h4-5,8H,2-3H2,1H3. The summed E-state index contributed by atoms with van der Waals surface area (Å²) in [7, 11) is 0. The van der Waals surface area contributed by atoms with Gasteiger partial charge in [0.05, 0.1) is 11.1 Å². The first-order chi connectivity index (χ1) is 10.2. The van der Waals surface area contributed by atoms with Crippen molar-refractivity contribution in [3.05, 3.63) is 34.4 Å². The van der Waals surface area contributed by atoms with E-state index in [1.165, 1.54) is 11.3 Å². The average Bonchev–Trinajstić information content (AvgIpc) is 3.00. The highest BCUT2D eigenvalue weighted by Gasteiger charge is 2.31. The number of nitriles is 1. The van der Waals surface area contributed by atoms with Gasteiger partial charge in [0.2, 0.25) is 0 Å².